The van der Waals surface area contributed by atoms with Crippen LogP contribution >= 0.6 is 0 Å². The van der Waals surface area contributed by atoms with Crippen LogP contribution < -0.4 is 14.8 Å². The average molecular weight is 506 g/mol. The minimum atomic E-state index is -0.583. The summed E-state index contributed by atoms with van der Waals surface area (Å²) in [6.45, 7) is 3.75. The molecule has 3 aliphatic rings. The van der Waals surface area contributed by atoms with E-state index >= 15 is 0 Å². The number of furan rings is 1. The summed E-state index contributed by atoms with van der Waals surface area (Å²) < 4.78 is 22.9. The number of Topliss-reactive ketones (excluding diaryl/α,β-unsaturated/α-hetero) is 1. The van der Waals surface area contributed by atoms with Crippen molar-refractivity contribution in [3.63, 3.8) is 0 Å². The maximum Gasteiger partial charge on any atom is 0.337 e. The number of carbonyl (C=O) groups is 2. The van der Waals surface area contributed by atoms with Crippen molar-refractivity contribution in [2.24, 2.45) is 0 Å². The van der Waals surface area contributed by atoms with E-state index in [-0.39, 0.29) is 23.8 Å². The van der Waals surface area contributed by atoms with Crippen LogP contribution in [-0.4, -0.2) is 32.1 Å². The summed E-state index contributed by atoms with van der Waals surface area (Å²) in [7, 11) is 3.21. The Kier molecular flexibility index (Phi) is 7.13. The Hall–Kier alpha value is -3.48. The number of benzene rings is 1. The minimum Gasteiger partial charge on any atom is -0.493 e. The van der Waals surface area contributed by atoms with Crippen LogP contribution in [0.25, 0.3) is 0 Å². The number of carbonyl (C=O) groups excluding carboxylic acids is 2. The quantitative estimate of drug-likeness (QED) is 0.493. The van der Waals surface area contributed by atoms with Gasteiger partial charge in [0.1, 0.15) is 17.6 Å². The van der Waals surface area contributed by atoms with Gasteiger partial charge >= 0.3 is 5.97 Å². The van der Waals surface area contributed by atoms with Crippen LogP contribution in [0.5, 0.6) is 11.5 Å². The molecule has 2 aliphatic carbocycles. The van der Waals surface area contributed by atoms with Gasteiger partial charge in [0.25, 0.3) is 0 Å². The second-order valence-corrected chi connectivity index (χ2v) is 10.2. The number of nitrogens with one attached hydrogen (secondary N) is 1. The molecule has 5 rings (SSSR count). The second kappa shape index (κ2) is 10.5. The highest BCUT2D eigenvalue weighted by molar-refractivity contribution is 6.04. The first-order valence-corrected chi connectivity index (χ1v) is 13.1. The van der Waals surface area contributed by atoms with Gasteiger partial charge in [0.05, 0.1) is 25.7 Å². The summed E-state index contributed by atoms with van der Waals surface area (Å²) in [5.41, 5.74) is 3.62. The first kappa shape index (κ1) is 25.2. The fourth-order valence-electron chi connectivity index (χ4n) is 5.94. The highest BCUT2D eigenvalue weighted by atomic mass is 16.5. The van der Waals surface area contributed by atoms with Gasteiger partial charge in [-0.25, -0.2) is 4.79 Å². The van der Waals surface area contributed by atoms with E-state index in [0.717, 1.165) is 42.7 Å². The third-order valence-corrected chi connectivity index (χ3v) is 7.80. The molecular formula is C30H35NO6. The smallest absolute Gasteiger partial charge is 0.337 e. The predicted octanol–water partition coefficient (Wildman–Crippen LogP) is 5.84. The Morgan fingerprint density at radius 1 is 0.973 bits per heavy atom. The number of aryl methyl sites for hydroxylation is 1. The van der Waals surface area contributed by atoms with Crippen LogP contribution in [0, 0.1) is 6.92 Å². The molecule has 1 aliphatic heterocycles. The lowest BCUT2D eigenvalue weighted by atomic mass is 9.73. The lowest BCUT2D eigenvalue weighted by Crippen LogP contribution is -2.36. The molecule has 0 unspecified atom stereocenters. The SMILES string of the molecule is COc1ccc([C@@H]2CC(=O)C3=C(C2)NC(C)=C(C(=O)OC2CCCCC2)[C@@H]3c2ccc(C)o2)cc1OC. The van der Waals surface area contributed by atoms with Crippen LogP contribution in [-0.2, 0) is 14.3 Å². The van der Waals surface area contributed by atoms with E-state index in [1.165, 1.54) is 6.42 Å². The lowest BCUT2D eigenvalue weighted by Gasteiger charge is -2.36. The van der Waals surface area contributed by atoms with E-state index in [4.69, 9.17) is 18.6 Å². The van der Waals surface area contributed by atoms with Crippen molar-refractivity contribution in [3.05, 3.63) is 70.0 Å². The molecule has 0 saturated heterocycles. The molecule has 7 nitrogen and oxygen atoms in total. The predicted molar refractivity (Wildman–Crippen MR) is 139 cm³/mol. The molecule has 1 saturated carbocycles. The van der Waals surface area contributed by atoms with Crippen LogP contribution in [0.4, 0.5) is 0 Å². The topological polar surface area (TPSA) is 87.0 Å². The number of esters is 1. The van der Waals surface area contributed by atoms with Crippen molar-refractivity contribution in [3.8, 4) is 11.5 Å². The zero-order valence-corrected chi connectivity index (χ0v) is 22.0. The molecule has 1 N–H and O–H groups in total. The summed E-state index contributed by atoms with van der Waals surface area (Å²) in [5, 5.41) is 3.41. The van der Waals surface area contributed by atoms with E-state index in [1.807, 2.05) is 44.2 Å². The number of allylic oxidation sites excluding steroid dienone is 3. The summed E-state index contributed by atoms with van der Waals surface area (Å²) in [5.74, 6) is 1.65. The van der Waals surface area contributed by atoms with Gasteiger partial charge < -0.3 is 23.9 Å². The van der Waals surface area contributed by atoms with Crippen LogP contribution in [0.3, 0.4) is 0 Å². The highest BCUT2D eigenvalue weighted by Gasteiger charge is 2.43. The molecule has 0 radical (unpaired) electrons. The molecule has 2 aromatic rings. The van der Waals surface area contributed by atoms with Crippen LogP contribution in [0.1, 0.15) is 80.8 Å². The number of methoxy groups -OCH3 is 2. The summed E-state index contributed by atoms with van der Waals surface area (Å²) in [4.78, 5) is 27.3. The van der Waals surface area contributed by atoms with E-state index < -0.39 is 5.92 Å². The van der Waals surface area contributed by atoms with Crippen molar-refractivity contribution in [2.45, 2.75) is 76.7 Å². The molecule has 2 heterocycles. The van der Waals surface area contributed by atoms with Crippen molar-refractivity contribution in [1.29, 1.82) is 0 Å². The highest BCUT2D eigenvalue weighted by Crippen LogP contribution is 2.47. The standard InChI is InChI=1S/C30H35NO6/c1-17-10-12-25(36-17)29-27(30(33)37-21-8-6-5-7-9-21)18(2)31-22-14-20(15-23(32)28(22)29)19-11-13-24(34-3)26(16-19)35-4/h10-13,16,20-21,29,31H,5-9,14-15H2,1-4H3/t20-,29-/m0/s1. The molecule has 1 aromatic heterocycles. The number of ether oxygens (including phenoxy) is 3. The summed E-state index contributed by atoms with van der Waals surface area (Å²) in [6, 6.07) is 9.53. The zero-order valence-electron chi connectivity index (χ0n) is 22.0. The third-order valence-electron chi connectivity index (χ3n) is 7.80. The van der Waals surface area contributed by atoms with E-state index in [2.05, 4.69) is 5.32 Å². The summed E-state index contributed by atoms with van der Waals surface area (Å²) >= 11 is 0. The van der Waals surface area contributed by atoms with Gasteiger partial charge in [0.15, 0.2) is 17.3 Å². The fourth-order valence-corrected chi connectivity index (χ4v) is 5.94. The maximum absolute atomic E-state index is 13.8. The molecule has 0 amide bonds. The zero-order chi connectivity index (χ0) is 26.1. The minimum absolute atomic E-state index is 0.00283. The Morgan fingerprint density at radius 3 is 2.41 bits per heavy atom. The lowest BCUT2D eigenvalue weighted by molar-refractivity contribution is -0.146. The van der Waals surface area contributed by atoms with E-state index in [1.54, 1.807) is 14.2 Å². The van der Waals surface area contributed by atoms with Crippen molar-refractivity contribution >= 4 is 11.8 Å². The third kappa shape index (κ3) is 4.91. The molecule has 0 spiro atoms. The van der Waals surface area contributed by atoms with Gasteiger partial charge in [0.2, 0.25) is 0 Å². The molecule has 0 bridgehead atoms. The summed E-state index contributed by atoms with van der Waals surface area (Å²) in [6.07, 6.45) is 5.97. The number of hydrogen-bond acceptors (Lipinski definition) is 7. The van der Waals surface area contributed by atoms with Gasteiger partial charge in [-0.2, -0.15) is 0 Å². The van der Waals surface area contributed by atoms with Crippen molar-refractivity contribution < 1.29 is 28.2 Å². The Bertz CT molecular complexity index is 1260. The first-order valence-electron chi connectivity index (χ1n) is 13.1. The Morgan fingerprint density at radius 2 is 1.73 bits per heavy atom. The molecule has 2 atom stereocenters. The molecular weight excluding hydrogens is 470 g/mol. The molecule has 37 heavy (non-hydrogen) atoms. The maximum atomic E-state index is 13.8. The largest absolute Gasteiger partial charge is 0.493 e. The van der Waals surface area contributed by atoms with E-state index in [9.17, 15) is 9.59 Å². The van der Waals surface area contributed by atoms with Crippen molar-refractivity contribution in [2.75, 3.05) is 14.2 Å². The molecule has 196 valence electrons. The fraction of sp³-hybridized carbons (Fsp3) is 0.467. The first-order chi connectivity index (χ1) is 17.9. The van der Waals surface area contributed by atoms with Gasteiger partial charge in [0, 0.05) is 23.4 Å². The number of hydrogen-bond donors (Lipinski definition) is 1. The van der Waals surface area contributed by atoms with E-state index in [0.29, 0.717) is 46.9 Å². The second-order valence-electron chi connectivity index (χ2n) is 10.2. The van der Waals surface area contributed by atoms with Gasteiger partial charge in [-0.15, -0.1) is 0 Å². The van der Waals surface area contributed by atoms with Gasteiger partial charge in [-0.05, 0) is 81.7 Å². The Labute approximate surface area is 217 Å². The normalized spacial score (nSPS) is 22.4. The van der Waals surface area contributed by atoms with Crippen LogP contribution in [0.2, 0.25) is 0 Å². The Balaban J connectivity index is 1.49. The van der Waals surface area contributed by atoms with Crippen molar-refractivity contribution in [1.82, 2.24) is 5.32 Å². The average Bonchev–Trinajstić information content (AvgIpc) is 3.33. The monoisotopic (exact) mass is 505 g/mol. The van der Waals surface area contributed by atoms with Crippen LogP contribution in [0.15, 0.2) is 57.3 Å². The molecule has 7 heteroatoms. The number of ketones is 1. The number of dihydropyridines is 1. The van der Waals surface area contributed by atoms with Gasteiger partial charge in [-0.1, -0.05) is 12.5 Å². The molecule has 1 aromatic carbocycles. The number of rotatable bonds is 6. The van der Waals surface area contributed by atoms with Gasteiger partial charge in [-0.3, -0.25) is 4.79 Å². The molecule has 1 fully saturated rings.